The Bertz CT molecular complexity index is 598. The largest absolute Gasteiger partial charge is 0.383 e. The lowest BCUT2D eigenvalue weighted by Gasteiger charge is -2.12. The molecule has 1 heterocycles. The van der Waals surface area contributed by atoms with E-state index in [0.717, 1.165) is 6.07 Å². The van der Waals surface area contributed by atoms with Gasteiger partial charge in [0.1, 0.15) is 11.3 Å². The third-order valence-corrected chi connectivity index (χ3v) is 3.19. The Balaban J connectivity index is 2.54. The molecule has 0 spiro atoms. The van der Waals surface area contributed by atoms with Gasteiger partial charge in [0, 0.05) is 18.2 Å². The number of aliphatic hydroxyl groups is 1. The topological polar surface area (TPSA) is 38.0 Å². The zero-order chi connectivity index (χ0) is 13.4. The first-order chi connectivity index (χ1) is 8.43. The number of aliphatic hydroxyl groups excluding tert-OH is 1. The maximum Gasteiger partial charge on any atom is 0.164 e. The maximum absolute atomic E-state index is 13.6. The molecule has 1 aromatic carbocycles. The Morgan fingerprint density at radius 3 is 2.61 bits per heavy atom. The van der Waals surface area contributed by atoms with Crippen molar-refractivity contribution >= 4 is 11.6 Å². The molecular formula is C12H11ClF2N2O. The maximum atomic E-state index is 13.6. The molecule has 6 heteroatoms. The number of hydrogen-bond acceptors (Lipinski definition) is 2. The van der Waals surface area contributed by atoms with Gasteiger partial charge in [0.05, 0.1) is 5.69 Å². The van der Waals surface area contributed by atoms with Crippen LogP contribution in [-0.2, 0) is 7.05 Å². The molecule has 96 valence electrons. The fourth-order valence-corrected chi connectivity index (χ4v) is 2.12. The second-order valence-electron chi connectivity index (χ2n) is 3.96. The molecule has 2 aromatic rings. The second kappa shape index (κ2) is 4.66. The monoisotopic (exact) mass is 272 g/mol. The van der Waals surface area contributed by atoms with E-state index in [2.05, 4.69) is 5.10 Å². The standard InChI is InChI=1S/C12H11ClF2N2O/c1-6-9(12(13)17(2)16-6)11(18)7-4-3-5-8(14)10(7)15/h3-5,11,18H,1-2H3. The van der Waals surface area contributed by atoms with Gasteiger partial charge in [-0.1, -0.05) is 23.7 Å². The van der Waals surface area contributed by atoms with E-state index in [0.29, 0.717) is 5.69 Å². The second-order valence-corrected chi connectivity index (χ2v) is 4.32. The SMILES string of the molecule is Cc1nn(C)c(Cl)c1C(O)c1cccc(F)c1F. The molecular weight excluding hydrogens is 262 g/mol. The van der Waals surface area contributed by atoms with E-state index >= 15 is 0 Å². The summed E-state index contributed by atoms with van der Waals surface area (Å²) < 4.78 is 28.1. The number of benzene rings is 1. The molecule has 1 aromatic heterocycles. The van der Waals surface area contributed by atoms with Crippen LogP contribution in [0.2, 0.25) is 5.15 Å². The van der Waals surface area contributed by atoms with Crippen molar-refractivity contribution < 1.29 is 13.9 Å². The van der Waals surface area contributed by atoms with E-state index in [4.69, 9.17) is 11.6 Å². The van der Waals surface area contributed by atoms with Gasteiger partial charge in [0.2, 0.25) is 0 Å². The fourth-order valence-electron chi connectivity index (χ4n) is 1.84. The molecule has 0 amide bonds. The van der Waals surface area contributed by atoms with Crippen molar-refractivity contribution in [1.29, 1.82) is 0 Å². The highest BCUT2D eigenvalue weighted by Gasteiger charge is 2.24. The highest BCUT2D eigenvalue weighted by atomic mass is 35.5. The summed E-state index contributed by atoms with van der Waals surface area (Å²) in [5, 5.41) is 14.3. The molecule has 3 nitrogen and oxygen atoms in total. The van der Waals surface area contributed by atoms with Gasteiger partial charge in [-0.3, -0.25) is 4.68 Å². The van der Waals surface area contributed by atoms with E-state index in [9.17, 15) is 13.9 Å². The highest BCUT2D eigenvalue weighted by molar-refractivity contribution is 6.30. The Labute approximate surface area is 108 Å². The number of nitrogens with zero attached hydrogens (tertiary/aromatic N) is 2. The number of aryl methyl sites for hydroxylation is 2. The van der Waals surface area contributed by atoms with Gasteiger partial charge < -0.3 is 5.11 Å². The van der Waals surface area contributed by atoms with Crippen LogP contribution in [0, 0.1) is 18.6 Å². The summed E-state index contributed by atoms with van der Waals surface area (Å²) in [7, 11) is 1.60. The summed E-state index contributed by atoms with van der Waals surface area (Å²) in [5.41, 5.74) is 0.593. The van der Waals surface area contributed by atoms with Gasteiger partial charge in [-0.25, -0.2) is 8.78 Å². The van der Waals surface area contributed by atoms with Gasteiger partial charge >= 0.3 is 0 Å². The quantitative estimate of drug-likeness (QED) is 0.913. The molecule has 0 fully saturated rings. The summed E-state index contributed by atoms with van der Waals surface area (Å²) in [5.74, 6) is -2.09. The van der Waals surface area contributed by atoms with Crippen molar-refractivity contribution in [2.24, 2.45) is 7.05 Å². The lowest BCUT2D eigenvalue weighted by molar-refractivity contribution is 0.212. The van der Waals surface area contributed by atoms with Crippen LogP contribution in [0.15, 0.2) is 18.2 Å². The minimum absolute atomic E-state index is 0.159. The summed E-state index contributed by atoms with van der Waals surface area (Å²) in [4.78, 5) is 0. The number of hydrogen-bond donors (Lipinski definition) is 1. The predicted octanol–water partition coefficient (Wildman–Crippen LogP) is 2.74. The summed E-state index contributed by atoms with van der Waals surface area (Å²) in [6, 6.07) is 3.63. The molecule has 0 aliphatic heterocycles. The van der Waals surface area contributed by atoms with Crippen LogP contribution in [0.5, 0.6) is 0 Å². The van der Waals surface area contributed by atoms with Crippen LogP contribution in [-0.4, -0.2) is 14.9 Å². The Kier molecular flexibility index (Phi) is 3.36. The first-order valence-corrected chi connectivity index (χ1v) is 5.62. The lowest BCUT2D eigenvalue weighted by Crippen LogP contribution is -2.05. The average molecular weight is 273 g/mol. The van der Waals surface area contributed by atoms with Gasteiger partial charge in [-0.2, -0.15) is 5.10 Å². The predicted molar refractivity (Wildman–Crippen MR) is 63.4 cm³/mol. The molecule has 0 radical (unpaired) electrons. The molecule has 0 saturated heterocycles. The van der Waals surface area contributed by atoms with Gasteiger partial charge in [0.25, 0.3) is 0 Å². The van der Waals surface area contributed by atoms with Gasteiger partial charge in [0.15, 0.2) is 11.6 Å². The van der Waals surface area contributed by atoms with Crippen LogP contribution >= 0.6 is 11.6 Å². The van der Waals surface area contributed by atoms with Crippen molar-refractivity contribution in [2.45, 2.75) is 13.0 Å². The molecule has 2 rings (SSSR count). The first-order valence-electron chi connectivity index (χ1n) is 5.24. The first kappa shape index (κ1) is 13.0. The number of halogens is 3. The van der Waals surface area contributed by atoms with Gasteiger partial charge in [-0.15, -0.1) is 0 Å². The molecule has 0 bridgehead atoms. The lowest BCUT2D eigenvalue weighted by atomic mass is 10.0. The molecule has 0 aliphatic rings. The zero-order valence-electron chi connectivity index (χ0n) is 9.78. The third-order valence-electron chi connectivity index (χ3n) is 2.75. The van der Waals surface area contributed by atoms with Crippen LogP contribution in [0.4, 0.5) is 8.78 Å². The molecule has 1 unspecified atom stereocenters. The van der Waals surface area contributed by atoms with E-state index in [1.807, 2.05) is 0 Å². The van der Waals surface area contributed by atoms with Crippen molar-refractivity contribution in [1.82, 2.24) is 9.78 Å². The average Bonchev–Trinajstić information content (AvgIpc) is 2.56. The Hall–Kier alpha value is -1.46. The minimum Gasteiger partial charge on any atom is -0.383 e. The molecule has 0 saturated carbocycles. The van der Waals surface area contributed by atoms with Crippen LogP contribution in [0.25, 0.3) is 0 Å². The fraction of sp³-hybridized carbons (Fsp3) is 0.250. The number of rotatable bonds is 2. The van der Waals surface area contributed by atoms with E-state index in [1.165, 1.54) is 16.8 Å². The number of aromatic nitrogens is 2. The molecule has 18 heavy (non-hydrogen) atoms. The van der Waals surface area contributed by atoms with E-state index in [1.54, 1.807) is 14.0 Å². The van der Waals surface area contributed by atoms with Gasteiger partial charge in [-0.05, 0) is 13.0 Å². The normalized spacial score (nSPS) is 12.8. The van der Waals surface area contributed by atoms with Crippen molar-refractivity contribution in [3.63, 3.8) is 0 Å². The smallest absolute Gasteiger partial charge is 0.164 e. The summed E-state index contributed by atoms with van der Waals surface area (Å²) in [6.07, 6.45) is -1.35. The minimum atomic E-state index is -1.35. The van der Waals surface area contributed by atoms with Crippen LogP contribution in [0.3, 0.4) is 0 Å². The summed E-state index contributed by atoms with van der Waals surface area (Å²) in [6.45, 7) is 1.64. The van der Waals surface area contributed by atoms with Crippen LogP contribution < -0.4 is 0 Å². The van der Waals surface area contributed by atoms with E-state index < -0.39 is 17.7 Å². The van der Waals surface area contributed by atoms with Crippen molar-refractivity contribution in [3.8, 4) is 0 Å². The van der Waals surface area contributed by atoms with E-state index in [-0.39, 0.29) is 16.3 Å². The molecule has 1 N–H and O–H groups in total. The third kappa shape index (κ3) is 2.00. The highest BCUT2D eigenvalue weighted by Crippen LogP contribution is 2.32. The van der Waals surface area contributed by atoms with Crippen molar-refractivity contribution in [3.05, 3.63) is 51.8 Å². The zero-order valence-corrected chi connectivity index (χ0v) is 10.5. The Morgan fingerprint density at radius 2 is 2.06 bits per heavy atom. The Morgan fingerprint density at radius 1 is 1.39 bits per heavy atom. The van der Waals surface area contributed by atoms with Crippen molar-refractivity contribution in [2.75, 3.05) is 0 Å². The van der Waals surface area contributed by atoms with Crippen LogP contribution in [0.1, 0.15) is 22.9 Å². The molecule has 0 aliphatic carbocycles. The molecule has 1 atom stereocenters. The summed E-state index contributed by atoms with van der Waals surface area (Å²) >= 11 is 5.98.